The van der Waals surface area contributed by atoms with E-state index in [0.717, 1.165) is 27.9 Å². The second-order valence-electron chi connectivity index (χ2n) is 8.49. The zero-order chi connectivity index (χ0) is 26.4. The smallest absolute Gasteiger partial charge is 0.266 e. The molecule has 4 rings (SSSR count). The highest BCUT2D eigenvalue weighted by atomic mass is 32.2. The number of rotatable bonds is 8. The summed E-state index contributed by atoms with van der Waals surface area (Å²) in [6.45, 7) is 9.17. The monoisotopic (exact) mass is 511 g/mol. The standard InChI is InChI=1S/C30H29N3O3S/c1-5-33-29(34)27(37-30(33)32-28-20(3)10-9-11-21(28)4)17-22-14-15-25(26(16-22)35-6-2)36-19-24-13-8-7-12-23(24)18-31/h7-17H,5-6,19H2,1-4H3/b27-17+,32-30?. The molecule has 6 nitrogen and oxygen atoms in total. The fraction of sp³-hybridized carbons (Fsp3) is 0.233. The maximum atomic E-state index is 13.2. The Morgan fingerprint density at radius 3 is 2.46 bits per heavy atom. The number of hydrogen-bond acceptors (Lipinski definition) is 6. The molecule has 3 aromatic carbocycles. The van der Waals surface area contributed by atoms with Gasteiger partial charge in [-0.05, 0) is 80.4 Å². The van der Waals surface area contributed by atoms with Crippen LogP contribution in [0.5, 0.6) is 11.5 Å². The minimum absolute atomic E-state index is 0.0658. The van der Waals surface area contributed by atoms with Crippen molar-refractivity contribution in [3.63, 3.8) is 0 Å². The number of nitriles is 1. The van der Waals surface area contributed by atoms with Crippen LogP contribution in [-0.2, 0) is 11.4 Å². The van der Waals surface area contributed by atoms with E-state index in [2.05, 4.69) is 6.07 Å². The number of aryl methyl sites for hydroxylation is 2. The fourth-order valence-electron chi connectivity index (χ4n) is 4.01. The summed E-state index contributed by atoms with van der Waals surface area (Å²) < 4.78 is 11.8. The van der Waals surface area contributed by atoms with Crippen LogP contribution in [0.2, 0.25) is 0 Å². The molecular formula is C30H29N3O3S. The number of carbonyl (C=O) groups is 1. The Kier molecular flexibility index (Phi) is 8.32. The molecule has 37 heavy (non-hydrogen) atoms. The SMILES string of the molecule is CCOc1cc(/C=C2/SC(=Nc3c(C)cccc3C)N(CC)C2=O)ccc1OCc1ccccc1C#N. The third-order valence-electron chi connectivity index (χ3n) is 5.94. The number of amides is 1. The number of thioether (sulfide) groups is 1. The van der Waals surface area contributed by atoms with Gasteiger partial charge in [-0.15, -0.1) is 0 Å². The lowest BCUT2D eigenvalue weighted by Gasteiger charge is -2.14. The van der Waals surface area contributed by atoms with Crippen LogP contribution >= 0.6 is 11.8 Å². The Morgan fingerprint density at radius 1 is 1.00 bits per heavy atom. The van der Waals surface area contributed by atoms with E-state index >= 15 is 0 Å². The molecule has 0 aromatic heterocycles. The third kappa shape index (κ3) is 5.87. The predicted molar refractivity (Wildman–Crippen MR) is 149 cm³/mol. The molecular weight excluding hydrogens is 482 g/mol. The molecule has 0 saturated carbocycles. The van der Waals surface area contributed by atoms with E-state index in [1.54, 1.807) is 11.0 Å². The van der Waals surface area contributed by atoms with Gasteiger partial charge in [0, 0.05) is 12.1 Å². The van der Waals surface area contributed by atoms with Gasteiger partial charge in [-0.1, -0.05) is 42.5 Å². The van der Waals surface area contributed by atoms with Gasteiger partial charge in [0.15, 0.2) is 16.7 Å². The van der Waals surface area contributed by atoms with Gasteiger partial charge in [-0.25, -0.2) is 4.99 Å². The van der Waals surface area contributed by atoms with Crippen LogP contribution in [0.1, 0.15) is 41.7 Å². The van der Waals surface area contributed by atoms with E-state index in [9.17, 15) is 10.1 Å². The van der Waals surface area contributed by atoms with Crippen molar-refractivity contribution in [1.82, 2.24) is 4.90 Å². The highest BCUT2D eigenvalue weighted by Crippen LogP contribution is 2.37. The second kappa shape index (κ2) is 11.8. The van der Waals surface area contributed by atoms with Crippen molar-refractivity contribution in [2.24, 2.45) is 4.99 Å². The second-order valence-corrected chi connectivity index (χ2v) is 9.50. The van der Waals surface area contributed by atoms with Crippen molar-refractivity contribution in [1.29, 1.82) is 5.26 Å². The van der Waals surface area contributed by atoms with Gasteiger partial charge in [0.2, 0.25) is 0 Å². The molecule has 0 unspecified atom stereocenters. The Balaban J connectivity index is 1.60. The zero-order valence-corrected chi connectivity index (χ0v) is 22.3. The Bertz CT molecular complexity index is 1400. The molecule has 0 spiro atoms. The normalized spacial score (nSPS) is 15.3. The van der Waals surface area contributed by atoms with Crippen molar-refractivity contribution in [2.45, 2.75) is 34.3 Å². The molecule has 1 heterocycles. The lowest BCUT2D eigenvalue weighted by atomic mass is 10.1. The lowest BCUT2D eigenvalue weighted by molar-refractivity contribution is -0.122. The largest absolute Gasteiger partial charge is 0.490 e. The predicted octanol–water partition coefficient (Wildman–Crippen LogP) is 6.78. The van der Waals surface area contributed by atoms with Crippen LogP contribution < -0.4 is 9.47 Å². The Labute approximate surface area is 222 Å². The molecule has 1 aliphatic rings. The number of para-hydroxylation sites is 1. The zero-order valence-electron chi connectivity index (χ0n) is 21.4. The highest BCUT2D eigenvalue weighted by molar-refractivity contribution is 8.18. The van der Waals surface area contributed by atoms with Gasteiger partial charge < -0.3 is 9.47 Å². The number of nitrogens with zero attached hydrogens (tertiary/aromatic N) is 3. The van der Waals surface area contributed by atoms with Crippen LogP contribution in [0.3, 0.4) is 0 Å². The maximum Gasteiger partial charge on any atom is 0.266 e. The van der Waals surface area contributed by atoms with E-state index in [1.807, 2.05) is 88.4 Å². The number of hydrogen-bond donors (Lipinski definition) is 0. The summed E-state index contributed by atoms with van der Waals surface area (Å²) in [5.41, 5.74) is 5.26. The van der Waals surface area contributed by atoms with E-state index in [0.29, 0.717) is 40.3 Å². The summed E-state index contributed by atoms with van der Waals surface area (Å²) in [5.74, 6) is 1.09. The Morgan fingerprint density at radius 2 is 1.76 bits per heavy atom. The van der Waals surface area contributed by atoms with Gasteiger partial charge in [0.1, 0.15) is 6.61 Å². The summed E-state index contributed by atoms with van der Waals surface area (Å²) in [6.07, 6.45) is 1.86. The summed E-state index contributed by atoms with van der Waals surface area (Å²) >= 11 is 1.38. The van der Waals surface area contributed by atoms with Crippen molar-refractivity contribution in [3.05, 3.63) is 93.4 Å². The lowest BCUT2D eigenvalue weighted by Crippen LogP contribution is -2.28. The maximum absolute atomic E-state index is 13.2. The van der Waals surface area contributed by atoms with Gasteiger partial charge in [-0.2, -0.15) is 5.26 Å². The quantitative estimate of drug-likeness (QED) is 0.312. The van der Waals surface area contributed by atoms with E-state index in [1.165, 1.54) is 11.8 Å². The molecule has 0 bridgehead atoms. The first-order valence-corrected chi connectivity index (χ1v) is 13.0. The Hall–Kier alpha value is -4.02. The summed E-state index contributed by atoms with van der Waals surface area (Å²) in [7, 11) is 0. The average molecular weight is 512 g/mol. The molecule has 7 heteroatoms. The molecule has 1 fully saturated rings. The minimum Gasteiger partial charge on any atom is -0.490 e. The molecule has 1 saturated heterocycles. The topological polar surface area (TPSA) is 74.9 Å². The molecule has 3 aromatic rings. The molecule has 1 amide bonds. The first-order valence-electron chi connectivity index (χ1n) is 12.2. The molecule has 0 N–H and O–H groups in total. The number of aliphatic imine (C=N–C) groups is 1. The highest BCUT2D eigenvalue weighted by Gasteiger charge is 2.32. The van der Waals surface area contributed by atoms with Gasteiger partial charge >= 0.3 is 0 Å². The van der Waals surface area contributed by atoms with Crippen molar-refractivity contribution < 1.29 is 14.3 Å². The fourth-order valence-corrected chi connectivity index (χ4v) is 5.06. The van der Waals surface area contributed by atoms with Crippen molar-refractivity contribution >= 4 is 34.6 Å². The van der Waals surface area contributed by atoms with Crippen LogP contribution in [-0.4, -0.2) is 29.1 Å². The number of amidine groups is 1. The molecule has 1 aliphatic heterocycles. The summed E-state index contributed by atoms with van der Waals surface area (Å²) in [6, 6.07) is 21.2. The van der Waals surface area contributed by atoms with Gasteiger partial charge in [0.05, 0.1) is 28.8 Å². The van der Waals surface area contributed by atoms with Gasteiger partial charge in [0.25, 0.3) is 5.91 Å². The minimum atomic E-state index is -0.0658. The summed E-state index contributed by atoms with van der Waals surface area (Å²) in [5, 5.41) is 10.0. The number of likely N-dealkylation sites (N-methyl/N-ethyl adjacent to an activating group) is 1. The van der Waals surface area contributed by atoms with Gasteiger partial charge in [-0.3, -0.25) is 9.69 Å². The van der Waals surface area contributed by atoms with E-state index in [4.69, 9.17) is 14.5 Å². The molecule has 0 aliphatic carbocycles. The average Bonchev–Trinajstić information content (AvgIpc) is 3.19. The van der Waals surface area contributed by atoms with Crippen LogP contribution in [0.4, 0.5) is 5.69 Å². The first kappa shape index (κ1) is 26.1. The van der Waals surface area contributed by atoms with E-state index < -0.39 is 0 Å². The van der Waals surface area contributed by atoms with E-state index in [-0.39, 0.29) is 12.5 Å². The number of ether oxygens (including phenoxy) is 2. The third-order valence-corrected chi connectivity index (χ3v) is 6.94. The number of benzene rings is 3. The first-order chi connectivity index (χ1) is 17.9. The number of carbonyl (C=O) groups excluding carboxylic acids is 1. The molecule has 0 atom stereocenters. The van der Waals surface area contributed by atoms with Crippen LogP contribution in [0.25, 0.3) is 6.08 Å². The van der Waals surface area contributed by atoms with Crippen molar-refractivity contribution in [2.75, 3.05) is 13.2 Å². The summed E-state index contributed by atoms with van der Waals surface area (Å²) in [4.78, 5) is 20.3. The molecule has 188 valence electrons. The van der Waals surface area contributed by atoms with Crippen LogP contribution in [0.15, 0.2) is 70.6 Å². The molecule has 0 radical (unpaired) electrons. The van der Waals surface area contributed by atoms with Crippen LogP contribution in [0, 0.1) is 25.2 Å². The van der Waals surface area contributed by atoms with Crippen molar-refractivity contribution in [3.8, 4) is 17.6 Å².